The molecule has 0 aliphatic heterocycles. The molecule has 4 aromatic rings. The number of ether oxygens (including phenoxy) is 1. The molecule has 2 aromatic heterocycles. The molecule has 0 atom stereocenters. The molecular weight excluding hydrogens is 455 g/mol. The molecule has 10 heteroatoms. The molecule has 0 aliphatic rings. The molecule has 8 nitrogen and oxygen atoms in total. The van der Waals surface area contributed by atoms with E-state index in [4.69, 9.17) is 17.0 Å². The normalized spacial score (nSPS) is 10.9. The smallest absolute Gasteiger partial charge is 0.222 e. The molecule has 0 bridgehead atoms. The number of nitrogens with one attached hydrogen (secondary N) is 2. The molecule has 0 saturated carbocycles. The summed E-state index contributed by atoms with van der Waals surface area (Å²) in [5, 5.41) is 9.93. The zero-order valence-electron chi connectivity index (χ0n) is 18.9. The zero-order chi connectivity index (χ0) is 24.1. The highest BCUT2D eigenvalue weighted by Crippen LogP contribution is 2.21. The minimum Gasteiger partial charge on any atom is -0.494 e. The van der Waals surface area contributed by atoms with E-state index in [1.54, 1.807) is 40.6 Å². The first kappa shape index (κ1) is 23.4. The van der Waals surface area contributed by atoms with Gasteiger partial charge in [-0.05, 0) is 68.0 Å². The van der Waals surface area contributed by atoms with Crippen LogP contribution in [0.1, 0.15) is 24.7 Å². The summed E-state index contributed by atoms with van der Waals surface area (Å²) < 4.78 is 23.9. The van der Waals surface area contributed by atoms with Crippen molar-refractivity contribution in [3.8, 4) is 22.8 Å². The van der Waals surface area contributed by atoms with Crippen molar-refractivity contribution in [1.82, 2.24) is 29.6 Å². The number of carbonyl (C=O) groups is 1. The number of nitrogens with zero attached hydrogens (tertiary/aromatic N) is 4. The van der Waals surface area contributed by atoms with E-state index in [0.717, 1.165) is 11.3 Å². The highest BCUT2D eigenvalue weighted by atomic mass is 32.1. The van der Waals surface area contributed by atoms with Crippen molar-refractivity contribution in [3.05, 3.63) is 76.8 Å². The predicted octanol–water partition coefficient (Wildman–Crippen LogP) is 4.35. The fraction of sp³-hybridized carbons (Fsp3) is 0.250. The molecule has 0 unspecified atom stereocenters. The van der Waals surface area contributed by atoms with E-state index >= 15 is 0 Å². The van der Waals surface area contributed by atoms with Crippen LogP contribution in [0.4, 0.5) is 4.39 Å². The third-order valence-electron chi connectivity index (χ3n) is 5.33. The average molecular weight is 481 g/mol. The van der Waals surface area contributed by atoms with Gasteiger partial charge in [0.1, 0.15) is 17.4 Å². The summed E-state index contributed by atoms with van der Waals surface area (Å²) in [7, 11) is 0. The van der Waals surface area contributed by atoms with Gasteiger partial charge in [0.25, 0.3) is 0 Å². The Labute approximate surface area is 201 Å². The quantitative estimate of drug-likeness (QED) is 0.348. The minimum atomic E-state index is -0.377. The van der Waals surface area contributed by atoms with Crippen LogP contribution in [0.2, 0.25) is 0 Å². The van der Waals surface area contributed by atoms with Crippen LogP contribution in [0.5, 0.6) is 5.75 Å². The second-order valence-corrected chi connectivity index (χ2v) is 8.01. The third-order valence-corrected chi connectivity index (χ3v) is 5.64. The number of imidazole rings is 1. The molecule has 0 saturated heterocycles. The molecule has 2 heterocycles. The van der Waals surface area contributed by atoms with Crippen LogP contribution in [0.15, 0.2) is 54.9 Å². The number of aromatic amines is 1. The van der Waals surface area contributed by atoms with E-state index in [-0.39, 0.29) is 24.7 Å². The van der Waals surface area contributed by atoms with Gasteiger partial charge in [0.15, 0.2) is 10.6 Å². The molecule has 2 N–H and O–H groups in total. The highest BCUT2D eigenvalue weighted by molar-refractivity contribution is 7.71. The maximum Gasteiger partial charge on any atom is 0.222 e. The first-order valence-corrected chi connectivity index (χ1v) is 11.3. The number of aromatic nitrogens is 5. The van der Waals surface area contributed by atoms with Gasteiger partial charge in [-0.15, -0.1) is 0 Å². The first-order valence-electron chi connectivity index (χ1n) is 10.9. The van der Waals surface area contributed by atoms with Crippen molar-refractivity contribution in [1.29, 1.82) is 0 Å². The van der Waals surface area contributed by atoms with Crippen molar-refractivity contribution >= 4 is 18.1 Å². The average Bonchev–Trinajstić information content (AvgIpc) is 3.42. The number of aryl methyl sites for hydroxylation is 1. The highest BCUT2D eigenvalue weighted by Gasteiger charge is 2.12. The summed E-state index contributed by atoms with van der Waals surface area (Å²) in [4.78, 5) is 16.6. The van der Waals surface area contributed by atoms with Gasteiger partial charge in [0.2, 0.25) is 5.91 Å². The molecule has 0 fully saturated rings. The van der Waals surface area contributed by atoms with Crippen molar-refractivity contribution in [2.75, 3.05) is 6.61 Å². The molecule has 4 rings (SSSR count). The number of benzene rings is 2. The lowest BCUT2D eigenvalue weighted by Gasteiger charge is -2.10. The number of hydrogen-bond acceptors (Lipinski definition) is 5. The second kappa shape index (κ2) is 10.4. The Bertz CT molecular complexity index is 1340. The second-order valence-electron chi connectivity index (χ2n) is 7.62. The van der Waals surface area contributed by atoms with Gasteiger partial charge in [-0.25, -0.2) is 9.37 Å². The van der Waals surface area contributed by atoms with Crippen LogP contribution in [-0.4, -0.2) is 36.8 Å². The Morgan fingerprint density at radius 3 is 2.71 bits per heavy atom. The van der Waals surface area contributed by atoms with E-state index in [1.165, 1.54) is 6.07 Å². The first-order chi connectivity index (χ1) is 16.5. The van der Waals surface area contributed by atoms with Crippen LogP contribution in [0, 0.1) is 17.5 Å². The molecule has 34 heavy (non-hydrogen) atoms. The molecule has 0 radical (unpaired) electrons. The zero-order valence-corrected chi connectivity index (χ0v) is 19.7. The molecule has 0 spiro atoms. The Morgan fingerprint density at radius 1 is 1.24 bits per heavy atom. The maximum atomic E-state index is 14.6. The topological polar surface area (TPSA) is 89.8 Å². The van der Waals surface area contributed by atoms with Crippen molar-refractivity contribution in [2.45, 2.75) is 33.4 Å². The summed E-state index contributed by atoms with van der Waals surface area (Å²) in [6.07, 6.45) is 3.53. The lowest BCUT2D eigenvalue weighted by Crippen LogP contribution is -2.24. The molecule has 176 valence electrons. The van der Waals surface area contributed by atoms with Crippen molar-refractivity contribution < 1.29 is 13.9 Å². The summed E-state index contributed by atoms with van der Waals surface area (Å²) >= 11 is 5.34. The Kier molecular flexibility index (Phi) is 7.17. The van der Waals surface area contributed by atoms with Crippen LogP contribution in [0.25, 0.3) is 17.1 Å². The van der Waals surface area contributed by atoms with E-state index in [0.29, 0.717) is 40.8 Å². The Morgan fingerprint density at radius 2 is 2.03 bits per heavy atom. The molecule has 1 amide bonds. The number of rotatable bonds is 9. The maximum absolute atomic E-state index is 14.6. The summed E-state index contributed by atoms with van der Waals surface area (Å²) in [5.74, 6) is 1.57. The number of carbonyl (C=O) groups excluding carboxylic acids is 1. The van der Waals surface area contributed by atoms with Gasteiger partial charge in [-0.2, -0.15) is 5.10 Å². The molecular formula is C24H25FN6O2S. The largest absolute Gasteiger partial charge is 0.494 e. The van der Waals surface area contributed by atoms with Gasteiger partial charge >= 0.3 is 0 Å². The Balaban J connectivity index is 1.36. The monoisotopic (exact) mass is 480 g/mol. The van der Waals surface area contributed by atoms with Gasteiger partial charge in [0.05, 0.1) is 12.3 Å². The third kappa shape index (κ3) is 5.23. The minimum absolute atomic E-state index is 0.171. The van der Waals surface area contributed by atoms with Crippen molar-refractivity contribution in [2.24, 2.45) is 0 Å². The number of H-pyrrole nitrogens is 1. The van der Waals surface area contributed by atoms with Crippen LogP contribution < -0.4 is 10.1 Å². The SMILES string of the molecule is CCOc1ccc(-c2n[nH]c(=S)n2CCC(=O)NCc2ccc(-n3ccnc3C)c(F)c2)cc1. The number of hydrogen-bond donors (Lipinski definition) is 2. The number of halogens is 1. The van der Waals surface area contributed by atoms with Crippen LogP contribution >= 0.6 is 12.2 Å². The fourth-order valence-corrected chi connectivity index (χ4v) is 3.83. The summed E-state index contributed by atoms with van der Waals surface area (Å²) in [6, 6.07) is 12.4. The Hall–Kier alpha value is -3.79. The van der Waals surface area contributed by atoms with E-state index in [2.05, 4.69) is 20.5 Å². The lowest BCUT2D eigenvalue weighted by atomic mass is 10.2. The van der Waals surface area contributed by atoms with Gasteiger partial charge in [-0.3, -0.25) is 14.5 Å². The van der Waals surface area contributed by atoms with Crippen LogP contribution in [-0.2, 0) is 17.9 Å². The van der Waals surface area contributed by atoms with Crippen LogP contribution in [0.3, 0.4) is 0 Å². The van der Waals surface area contributed by atoms with Gasteiger partial charge < -0.3 is 14.6 Å². The lowest BCUT2D eigenvalue weighted by molar-refractivity contribution is -0.121. The van der Waals surface area contributed by atoms with E-state index < -0.39 is 0 Å². The standard InChI is InChI=1S/C24H25FN6O2S/c1-3-33-19-7-5-18(6-8-19)23-28-29-24(34)31(23)12-10-22(32)27-15-17-4-9-21(20(25)14-17)30-13-11-26-16(30)2/h4-9,11,13-14H,3,10,12,15H2,1-2H3,(H,27,32)(H,29,34). The summed E-state index contributed by atoms with van der Waals surface area (Å²) in [6.45, 7) is 4.91. The van der Waals surface area contributed by atoms with Crippen molar-refractivity contribution in [3.63, 3.8) is 0 Å². The van der Waals surface area contributed by atoms with Gasteiger partial charge in [-0.1, -0.05) is 6.07 Å². The van der Waals surface area contributed by atoms with Gasteiger partial charge in [0, 0.05) is 37.5 Å². The van der Waals surface area contributed by atoms with E-state index in [1.807, 2.05) is 31.2 Å². The predicted molar refractivity (Wildman–Crippen MR) is 129 cm³/mol. The molecule has 0 aliphatic carbocycles. The molecule has 2 aromatic carbocycles. The fourth-order valence-electron chi connectivity index (χ4n) is 3.60. The number of amides is 1. The summed E-state index contributed by atoms with van der Waals surface area (Å²) in [5.41, 5.74) is 1.95. The van der Waals surface area contributed by atoms with E-state index in [9.17, 15) is 9.18 Å².